The third-order valence-corrected chi connectivity index (χ3v) is 4.32. The number of halogens is 2. The van der Waals surface area contributed by atoms with E-state index in [1.807, 2.05) is 37.2 Å². The van der Waals surface area contributed by atoms with Crippen molar-refractivity contribution < 1.29 is 9.21 Å². The Labute approximate surface area is 154 Å². The molecule has 24 heavy (non-hydrogen) atoms. The van der Waals surface area contributed by atoms with Crippen molar-refractivity contribution >= 4 is 53.5 Å². The van der Waals surface area contributed by atoms with Crippen LogP contribution in [-0.4, -0.2) is 31.5 Å². The normalized spacial score (nSPS) is 19.5. The number of amides is 1. The largest absolute Gasteiger partial charge is 0.423 e. The Hall–Kier alpha value is -1.50. The Kier molecular flexibility index (Phi) is 7.32. The molecule has 0 spiro atoms. The fourth-order valence-electron chi connectivity index (χ4n) is 3.08. The third kappa shape index (κ3) is 4.12. The number of anilines is 2. The second kappa shape index (κ2) is 8.55. The van der Waals surface area contributed by atoms with Gasteiger partial charge in [-0.25, -0.2) is 0 Å². The van der Waals surface area contributed by atoms with Crippen LogP contribution < -0.4 is 16.0 Å². The van der Waals surface area contributed by atoms with E-state index in [2.05, 4.69) is 10.3 Å². The predicted molar refractivity (Wildman–Crippen MR) is 101 cm³/mol. The molecule has 0 radical (unpaired) electrons. The summed E-state index contributed by atoms with van der Waals surface area (Å²) in [5.74, 6) is 0.384. The average molecular weight is 375 g/mol. The van der Waals surface area contributed by atoms with E-state index >= 15 is 0 Å². The van der Waals surface area contributed by atoms with Gasteiger partial charge in [0.25, 0.3) is 6.01 Å². The number of carbonyl (C=O) groups excluding carboxylic acids is 1. The molecule has 8 heteroatoms. The zero-order chi connectivity index (χ0) is 15.7. The zero-order valence-corrected chi connectivity index (χ0v) is 15.5. The first-order valence-electron chi connectivity index (χ1n) is 7.67. The van der Waals surface area contributed by atoms with E-state index in [1.165, 1.54) is 0 Å². The second-order valence-electron chi connectivity index (χ2n) is 6.10. The highest BCUT2D eigenvalue weighted by Crippen LogP contribution is 2.32. The summed E-state index contributed by atoms with van der Waals surface area (Å²) >= 11 is 0. The number of hydrogen-bond acceptors (Lipinski definition) is 5. The molecular weight excluding hydrogens is 351 g/mol. The minimum Gasteiger partial charge on any atom is -0.423 e. The van der Waals surface area contributed by atoms with Gasteiger partial charge in [0.1, 0.15) is 5.52 Å². The van der Waals surface area contributed by atoms with Crippen LogP contribution in [0.3, 0.4) is 0 Å². The molecule has 1 amide bonds. The number of fused-ring (bicyclic) bond motifs is 1. The first kappa shape index (κ1) is 20.5. The number of nitrogens with zero attached hydrogens (tertiary/aromatic N) is 2. The molecule has 0 unspecified atom stereocenters. The molecule has 2 atom stereocenters. The number of nitrogens with one attached hydrogen (secondary N) is 1. The first-order valence-corrected chi connectivity index (χ1v) is 7.67. The Bertz CT molecular complexity index is 690. The summed E-state index contributed by atoms with van der Waals surface area (Å²) in [6.07, 6.45) is 3.04. The van der Waals surface area contributed by atoms with Crippen molar-refractivity contribution in [1.82, 2.24) is 4.98 Å². The molecule has 1 aromatic carbocycles. The van der Waals surface area contributed by atoms with Crippen molar-refractivity contribution in [2.45, 2.75) is 19.3 Å². The van der Waals surface area contributed by atoms with E-state index in [9.17, 15) is 4.79 Å². The van der Waals surface area contributed by atoms with Crippen molar-refractivity contribution in [3.8, 4) is 0 Å². The molecule has 2 aromatic rings. The lowest BCUT2D eigenvalue weighted by Gasteiger charge is -2.17. The van der Waals surface area contributed by atoms with Crippen molar-refractivity contribution in [3.63, 3.8) is 0 Å². The van der Waals surface area contributed by atoms with Gasteiger partial charge < -0.3 is 20.4 Å². The smallest absolute Gasteiger partial charge is 0.297 e. The number of rotatable bonds is 4. The van der Waals surface area contributed by atoms with Gasteiger partial charge in [0.05, 0.1) is 0 Å². The molecule has 3 rings (SSSR count). The standard InChI is InChI=1S/C16H22N4O2.2ClH/c1-20(2)16-19-13-8-11(6-7-14(13)22-16)18-15(21)12-5-3-4-10(12)9-17;;/h6-8,10,12H,3-5,9,17H2,1-2H3,(H,18,21);2*1H/t10-,12-;;/m1../s1. The number of aromatic nitrogens is 1. The molecule has 134 valence electrons. The van der Waals surface area contributed by atoms with Crippen LogP contribution in [0.5, 0.6) is 0 Å². The molecule has 0 bridgehead atoms. The van der Waals surface area contributed by atoms with Crippen LogP contribution in [0, 0.1) is 11.8 Å². The van der Waals surface area contributed by atoms with Crippen LogP contribution in [-0.2, 0) is 4.79 Å². The fourth-order valence-corrected chi connectivity index (χ4v) is 3.08. The van der Waals surface area contributed by atoms with Gasteiger partial charge in [0, 0.05) is 25.7 Å². The van der Waals surface area contributed by atoms with Gasteiger partial charge in [0.2, 0.25) is 5.91 Å². The highest BCUT2D eigenvalue weighted by molar-refractivity contribution is 5.94. The summed E-state index contributed by atoms with van der Waals surface area (Å²) < 4.78 is 5.61. The SMILES string of the molecule is CN(C)c1nc2cc(NC(=O)[C@@H]3CCC[C@@H]3CN)ccc2o1.Cl.Cl. The summed E-state index contributed by atoms with van der Waals surface area (Å²) in [5.41, 5.74) is 7.95. The highest BCUT2D eigenvalue weighted by Gasteiger charge is 2.31. The average Bonchev–Trinajstić information content (AvgIpc) is 3.12. The number of oxazole rings is 1. The van der Waals surface area contributed by atoms with E-state index in [-0.39, 0.29) is 36.6 Å². The fraction of sp³-hybridized carbons (Fsp3) is 0.500. The van der Waals surface area contributed by atoms with Crippen molar-refractivity contribution in [2.24, 2.45) is 17.6 Å². The number of hydrogen-bond donors (Lipinski definition) is 2. The molecule has 1 aromatic heterocycles. The van der Waals surface area contributed by atoms with Crippen LogP contribution in [0.1, 0.15) is 19.3 Å². The van der Waals surface area contributed by atoms with Crippen LogP contribution in [0.15, 0.2) is 22.6 Å². The summed E-state index contributed by atoms with van der Waals surface area (Å²) in [5, 5.41) is 2.99. The maximum atomic E-state index is 12.4. The summed E-state index contributed by atoms with van der Waals surface area (Å²) in [4.78, 5) is 18.6. The summed E-state index contributed by atoms with van der Waals surface area (Å²) in [7, 11) is 3.75. The minimum atomic E-state index is 0. The molecule has 1 saturated carbocycles. The number of carbonyl (C=O) groups is 1. The topological polar surface area (TPSA) is 84.4 Å². The van der Waals surface area contributed by atoms with E-state index < -0.39 is 0 Å². The molecule has 0 saturated heterocycles. The van der Waals surface area contributed by atoms with Crippen molar-refractivity contribution in [2.75, 3.05) is 30.9 Å². The maximum Gasteiger partial charge on any atom is 0.297 e. The Morgan fingerprint density at radius 3 is 2.79 bits per heavy atom. The monoisotopic (exact) mass is 374 g/mol. The maximum absolute atomic E-state index is 12.4. The molecule has 0 aliphatic heterocycles. The van der Waals surface area contributed by atoms with Gasteiger partial charge in [0.15, 0.2) is 5.58 Å². The first-order chi connectivity index (χ1) is 10.6. The van der Waals surface area contributed by atoms with E-state index in [0.717, 1.165) is 30.5 Å². The summed E-state index contributed by atoms with van der Waals surface area (Å²) in [6.45, 7) is 0.576. The van der Waals surface area contributed by atoms with Crippen LogP contribution in [0.2, 0.25) is 0 Å². The van der Waals surface area contributed by atoms with Gasteiger partial charge in [-0.05, 0) is 43.5 Å². The third-order valence-electron chi connectivity index (χ3n) is 4.32. The minimum absolute atomic E-state index is 0. The lowest BCUT2D eigenvalue weighted by atomic mass is 9.95. The molecule has 6 nitrogen and oxygen atoms in total. The molecular formula is C16H24Cl2N4O2. The van der Waals surface area contributed by atoms with Crippen LogP contribution >= 0.6 is 24.8 Å². The summed E-state index contributed by atoms with van der Waals surface area (Å²) in [6, 6.07) is 6.07. The number of benzene rings is 1. The zero-order valence-electron chi connectivity index (χ0n) is 13.8. The second-order valence-corrected chi connectivity index (χ2v) is 6.10. The number of nitrogens with two attached hydrogens (primary N) is 1. The predicted octanol–water partition coefficient (Wildman–Crippen LogP) is 3.05. The molecule has 1 aliphatic rings. The molecule has 1 fully saturated rings. The lowest BCUT2D eigenvalue weighted by Crippen LogP contribution is -2.29. The highest BCUT2D eigenvalue weighted by atomic mass is 35.5. The van der Waals surface area contributed by atoms with Crippen LogP contribution in [0.25, 0.3) is 11.1 Å². The van der Waals surface area contributed by atoms with E-state index in [1.54, 1.807) is 0 Å². The van der Waals surface area contributed by atoms with Gasteiger partial charge in [-0.15, -0.1) is 24.8 Å². The Morgan fingerprint density at radius 1 is 1.38 bits per heavy atom. The van der Waals surface area contributed by atoms with Crippen molar-refractivity contribution in [1.29, 1.82) is 0 Å². The van der Waals surface area contributed by atoms with E-state index in [0.29, 0.717) is 24.1 Å². The van der Waals surface area contributed by atoms with Gasteiger partial charge in [-0.1, -0.05) is 6.42 Å². The molecule has 3 N–H and O–H groups in total. The van der Waals surface area contributed by atoms with Crippen LogP contribution in [0.4, 0.5) is 11.7 Å². The quantitative estimate of drug-likeness (QED) is 0.858. The van der Waals surface area contributed by atoms with Crippen molar-refractivity contribution in [3.05, 3.63) is 18.2 Å². The Balaban J connectivity index is 0.00000144. The van der Waals surface area contributed by atoms with Gasteiger partial charge in [-0.3, -0.25) is 4.79 Å². The van der Waals surface area contributed by atoms with Gasteiger partial charge in [-0.2, -0.15) is 4.98 Å². The Morgan fingerprint density at radius 2 is 2.12 bits per heavy atom. The van der Waals surface area contributed by atoms with E-state index in [4.69, 9.17) is 10.2 Å². The molecule has 1 aliphatic carbocycles. The molecule has 1 heterocycles. The lowest BCUT2D eigenvalue weighted by molar-refractivity contribution is -0.120. The van der Waals surface area contributed by atoms with Gasteiger partial charge >= 0.3 is 0 Å².